The molecule has 128 valence electrons. The average Bonchev–Trinajstić information content (AvgIpc) is 2.56. The number of rotatable bonds is 6. The van der Waals surface area contributed by atoms with Crippen LogP contribution in [-0.2, 0) is 4.74 Å². The number of halogens is 2. The summed E-state index contributed by atoms with van der Waals surface area (Å²) in [6.45, 7) is 0.312. The van der Waals surface area contributed by atoms with Crippen molar-refractivity contribution in [1.82, 2.24) is 5.32 Å². The van der Waals surface area contributed by atoms with Crippen molar-refractivity contribution in [3.05, 3.63) is 29.8 Å². The summed E-state index contributed by atoms with van der Waals surface area (Å²) in [5.74, 6) is 0.133. The fourth-order valence-corrected chi connectivity index (χ4v) is 3.63. The summed E-state index contributed by atoms with van der Waals surface area (Å²) in [5, 5.41) is 13.7. The molecule has 23 heavy (non-hydrogen) atoms. The van der Waals surface area contributed by atoms with Crippen LogP contribution in [0.5, 0.6) is 0 Å². The number of thioether (sulfide) groups is 1. The molecule has 1 aliphatic heterocycles. The molecule has 8 heteroatoms. The number of amides is 2. The van der Waals surface area contributed by atoms with Crippen LogP contribution in [0.4, 0.5) is 19.3 Å². The number of aliphatic hydroxyl groups excluding tert-OH is 1. The molecule has 3 N–H and O–H groups in total. The minimum atomic E-state index is -0.833. The number of benzene rings is 1. The van der Waals surface area contributed by atoms with Gasteiger partial charge in [-0.2, -0.15) is 11.8 Å². The number of urea groups is 1. The van der Waals surface area contributed by atoms with Crippen molar-refractivity contribution < 1.29 is 23.4 Å². The summed E-state index contributed by atoms with van der Waals surface area (Å²) in [6.07, 6.45) is 1.48. The number of hydrogen-bond donors (Lipinski definition) is 3. The summed E-state index contributed by atoms with van der Waals surface area (Å²) in [4.78, 5) is 11.9. The van der Waals surface area contributed by atoms with Gasteiger partial charge in [0.25, 0.3) is 0 Å². The quantitative estimate of drug-likeness (QED) is 0.740. The van der Waals surface area contributed by atoms with Gasteiger partial charge in [-0.05, 0) is 36.5 Å². The second-order valence-electron chi connectivity index (χ2n) is 5.27. The lowest BCUT2D eigenvalue weighted by Crippen LogP contribution is -2.49. The van der Waals surface area contributed by atoms with E-state index in [9.17, 15) is 13.6 Å². The van der Waals surface area contributed by atoms with Gasteiger partial charge in [0.05, 0.1) is 18.8 Å². The normalized spacial score (nSPS) is 16.8. The first-order valence-corrected chi connectivity index (χ1v) is 8.53. The van der Waals surface area contributed by atoms with Crippen LogP contribution in [0.2, 0.25) is 0 Å². The largest absolute Gasteiger partial charge is 0.394 e. The van der Waals surface area contributed by atoms with Crippen LogP contribution in [0.1, 0.15) is 12.8 Å². The molecule has 0 aliphatic carbocycles. The fourth-order valence-electron chi connectivity index (χ4n) is 2.39. The lowest BCUT2D eigenvalue weighted by molar-refractivity contribution is -0.0601. The van der Waals surface area contributed by atoms with E-state index in [-0.39, 0.29) is 19.8 Å². The van der Waals surface area contributed by atoms with E-state index in [1.54, 1.807) is 11.8 Å². The molecule has 0 saturated carbocycles. The molecule has 1 fully saturated rings. The molecule has 1 aromatic carbocycles. The highest BCUT2D eigenvalue weighted by molar-refractivity contribution is 7.99. The van der Waals surface area contributed by atoms with Crippen LogP contribution < -0.4 is 10.6 Å². The highest BCUT2D eigenvalue weighted by Crippen LogP contribution is 2.30. The molecule has 2 rings (SSSR count). The SMILES string of the molecule is O=C(NCC1(OCCO)CCSCC1)Nc1c(F)cccc1F. The average molecular weight is 346 g/mol. The molecular formula is C15H20F2N2O3S. The Labute approximate surface area is 137 Å². The molecule has 5 nitrogen and oxygen atoms in total. The lowest BCUT2D eigenvalue weighted by Gasteiger charge is -2.37. The van der Waals surface area contributed by atoms with Crippen LogP contribution in [0.15, 0.2) is 18.2 Å². The van der Waals surface area contributed by atoms with Gasteiger partial charge >= 0.3 is 6.03 Å². The Balaban J connectivity index is 1.93. The number of para-hydroxylation sites is 1. The van der Waals surface area contributed by atoms with Crippen LogP contribution in [-0.4, -0.2) is 48.0 Å². The highest BCUT2D eigenvalue weighted by atomic mass is 32.2. The molecule has 1 aliphatic rings. The van der Waals surface area contributed by atoms with Gasteiger partial charge in [-0.1, -0.05) is 6.07 Å². The van der Waals surface area contributed by atoms with Crippen LogP contribution in [0.25, 0.3) is 0 Å². The van der Waals surface area contributed by atoms with Gasteiger partial charge in [0.2, 0.25) is 0 Å². The first kappa shape index (κ1) is 18.0. The topological polar surface area (TPSA) is 70.6 Å². The molecule has 1 heterocycles. The molecule has 0 spiro atoms. The molecule has 1 saturated heterocycles. The number of hydrogen-bond acceptors (Lipinski definition) is 4. The van der Waals surface area contributed by atoms with Gasteiger partial charge in [-0.25, -0.2) is 13.6 Å². The van der Waals surface area contributed by atoms with Crippen LogP contribution in [0, 0.1) is 11.6 Å². The predicted molar refractivity (Wildman–Crippen MR) is 85.7 cm³/mol. The van der Waals surface area contributed by atoms with E-state index in [2.05, 4.69) is 10.6 Å². The van der Waals surface area contributed by atoms with E-state index in [0.29, 0.717) is 0 Å². The Kier molecular flexibility index (Phi) is 6.61. The number of carbonyl (C=O) groups excluding carboxylic acids is 1. The van der Waals surface area contributed by atoms with Crippen LogP contribution >= 0.6 is 11.8 Å². The second kappa shape index (κ2) is 8.47. The first-order valence-electron chi connectivity index (χ1n) is 7.38. The van der Waals surface area contributed by atoms with Crippen molar-refractivity contribution in [3.8, 4) is 0 Å². The zero-order valence-electron chi connectivity index (χ0n) is 12.6. The Morgan fingerprint density at radius 3 is 2.57 bits per heavy atom. The number of aliphatic hydroxyl groups is 1. The molecule has 0 unspecified atom stereocenters. The van der Waals surface area contributed by atoms with E-state index in [4.69, 9.17) is 9.84 Å². The Hall–Kier alpha value is -1.38. The first-order chi connectivity index (χ1) is 11.1. The summed E-state index contributed by atoms with van der Waals surface area (Å²) < 4.78 is 32.7. The number of nitrogens with one attached hydrogen (secondary N) is 2. The predicted octanol–water partition coefficient (Wildman–Crippen LogP) is 2.36. The second-order valence-corrected chi connectivity index (χ2v) is 6.50. The standard InChI is InChI=1S/C15H20F2N2O3S/c16-11-2-1-3-12(17)13(11)19-14(21)18-10-15(22-7-6-20)4-8-23-9-5-15/h1-3,20H,4-10H2,(H2,18,19,21). The lowest BCUT2D eigenvalue weighted by atomic mass is 9.96. The van der Waals surface area contributed by atoms with E-state index < -0.39 is 29.0 Å². The van der Waals surface area contributed by atoms with Crippen molar-refractivity contribution in [2.45, 2.75) is 18.4 Å². The third-order valence-corrected chi connectivity index (χ3v) is 4.66. The summed E-state index contributed by atoms with van der Waals surface area (Å²) in [7, 11) is 0. The maximum atomic E-state index is 13.5. The number of ether oxygens (including phenoxy) is 1. The van der Waals surface area contributed by atoms with Gasteiger partial charge < -0.3 is 20.5 Å². The third kappa shape index (κ3) is 5.05. The molecule has 2 amide bonds. The minimum Gasteiger partial charge on any atom is -0.394 e. The molecular weight excluding hydrogens is 326 g/mol. The van der Waals surface area contributed by atoms with Gasteiger partial charge in [0, 0.05) is 6.54 Å². The van der Waals surface area contributed by atoms with Crippen molar-refractivity contribution in [3.63, 3.8) is 0 Å². The van der Waals surface area contributed by atoms with Crippen molar-refractivity contribution >= 4 is 23.5 Å². The van der Waals surface area contributed by atoms with Gasteiger partial charge in [-0.15, -0.1) is 0 Å². The fraction of sp³-hybridized carbons (Fsp3) is 0.533. The number of anilines is 1. The minimum absolute atomic E-state index is 0.0957. The molecule has 0 atom stereocenters. The van der Waals surface area contributed by atoms with Crippen molar-refractivity contribution in [2.75, 3.05) is 36.6 Å². The van der Waals surface area contributed by atoms with E-state index in [0.717, 1.165) is 36.5 Å². The van der Waals surface area contributed by atoms with E-state index in [1.165, 1.54) is 6.07 Å². The van der Waals surface area contributed by atoms with Gasteiger partial charge in [0.1, 0.15) is 17.3 Å². The molecule has 1 aromatic rings. The number of carbonyl (C=O) groups is 1. The Morgan fingerprint density at radius 2 is 1.96 bits per heavy atom. The smallest absolute Gasteiger partial charge is 0.319 e. The summed E-state index contributed by atoms with van der Waals surface area (Å²) in [6, 6.07) is 2.68. The van der Waals surface area contributed by atoms with Gasteiger partial charge in [0.15, 0.2) is 0 Å². The molecule has 0 bridgehead atoms. The summed E-state index contributed by atoms with van der Waals surface area (Å²) >= 11 is 1.80. The molecule has 0 radical (unpaired) electrons. The maximum absolute atomic E-state index is 13.5. The maximum Gasteiger partial charge on any atom is 0.319 e. The molecule has 0 aromatic heterocycles. The highest BCUT2D eigenvalue weighted by Gasteiger charge is 2.33. The monoisotopic (exact) mass is 346 g/mol. The van der Waals surface area contributed by atoms with Crippen molar-refractivity contribution in [2.24, 2.45) is 0 Å². The third-order valence-electron chi connectivity index (χ3n) is 3.68. The van der Waals surface area contributed by atoms with Gasteiger partial charge in [-0.3, -0.25) is 0 Å². The van der Waals surface area contributed by atoms with Crippen molar-refractivity contribution in [1.29, 1.82) is 0 Å². The zero-order valence-corrected chi connectivity index (χ0v) is 13.4. The van der Waals surface area contributed by atoms with E-state index >= 15 is 0 Å². The zero-order chi connectivity index (χ0) is 16.7. The Bertz CT molecular complexity index is 519. The Morgan fingerprint density at radius 1 is 1.30 bits per heavy atom. The van der Waals surface area contributed by atoms with E-state index in [1.807, 2.05) is 0 Å². The summed E-state index contributed by atoms with van der Waals surface area (Å²) in [5.41, 5.74) is -1.02. The van der Waals surface area contributed by atoms with Crippen LogP contribution in [0.3, 0.4) is 0 Å².